The van der Waals surface area contributed by atoms with Gasteiger partial charge in [0.15, 0.2) is 5.75 Å². The highest BCUT2D eigenvalue weighted by atomic mass is 19.4. The van der Waals surface area contributed by atoms with E-state index < -0.39 is 41.8 Å². The first-order chi connectivity index (χ1) is 8.56. The van der Waals surface area contributed by atoms with Gasteiger partial charge < -0.3 is 4.74 Å². The van der Waals surface area contributed by atoms with Crippen LogP contribution in [0.1, 0.15) is 11.1 Å². The Labute approximate surface area is 101 Å². The van der Waals surface area contributed by atoms with Gasteiger partial charge in [-0.2, -0.15) is 22.8 Å². The lowest BCUT2D eigenvalue weighted by atomic mass is 10.1. The predicted molar refractivity (Wildman–Crippen MR) is 45.2 cm³/mol. The van der Waals surface area contributed by atoms with Crippen molar-refractivity contribution in [2.45, 2.75) is 19.0 Å². The molecule has 104 valence electrons. The summed E-state index contributed by atoms with van der Waals surface area (Å²) in [6.07, 6.45) is -11.9. The van der Waals surface area contributed by atoms with Crippen molar-refractivity contribution in [3.63, 3.8) is 0 Å². The molecular weight excluding hydrogens is 285 g/mol. The second kappa shape index (κ2) is 4.91. The van der Waals surface area contributed by atoms with E-state index in [-0.39, 0.29) is 6.20 Å². The molecule has 0 unspecified atom stereocenters. The Hall–Kier alpha value is -2.05. The fourth-order valence-electron chi connectivity index (χ4n) is 1.26. The highest BCUT2D eigenvalue weighted by Gasteiger charge is 2.42. The second-order valence-corrected chi connectivity index (χ2v) is 3.15. The number of hydrogen-bond donors (Lipinski definition) is 0. The van der Waals surface area contributed by atoms with E-state index in [1.807, 2.05) is 0 Å². The van der Waals surface area contributed by atoms with Gasteiger partial charge in [-0.05, 0) is 0 Å². The Kier molecular flexibility index (Phi) is 3.88. The summed E-state index contributed by atoms with van der Waals surface area (Å²) in [4.78, 5) is 2.71. The molecule has 0 aromatic carbocycles. The molecule has 3 nitrogen and oxygen atoms in total. The number of aromatic nitrogens is 1. The van der Waals surface area contributed by atoms with Gasteiger partial charge in [-0.25, -0.2) is 4.98 Å². The third kappa shape index (κ3) is 3.70. The number of alkyl halides is 6. The zero-order chi connectivity index (χ0) is 14.8. The lowest BCUT2D eigenvalue weighted by Gasteiger charge is -2.17. The van der Waals surface area contributed by atoms with Crippen molar-refractivity contribution in [3.05, 3.63) is 23.3 Å². The summed E-state index contributed by atoms with van der Waals surface area (Å²) in [5.74, 6) is -3.38. The predicted octanol–water partition coefficient (Wildman–Crippen LogP) is 3.20. The Morgan fingerprint density at radius 3 is 2.21 bits per heavy atom. The van der Waals surface area contributed by atoms with E-state index in [0.717, 1.165) is 0 Å². The van der Waals surface area contributed by atoms with Gasteiger partial charge in [-0.1, -0.05) is 0 Å². The van der Waals surface area contributed by atoms with E-state index in [0.29, 0.717) is 0 Å². The molecule has 0 saturated heterocycles. The molecule has 0 aliphatic rings. The first-order valence-corrected chi connectivity index (χ1v) is 4.43. The minimum atomic E-state index is -5.40. The van der Waals surface area contributed by atoms with Crippen molar-refractivity contribution in [1.82, 2.24) is 4.98 Å². The number of hydrogen-bond acceptors (Lipinski definition) is 3. The first kappa shape index (κ1) is 15.0. The van der Waals surface area contributed by atoms with Crippen LogP contribution in [0.4, 0.5) is 30.7 Å². The maximum Gasteiger partial charge on any atom is 0.573 e. The molecule has 1 aromatic heterocycles. The van der Waals surface area contributed by atoms with Gasteiger partial charge in [0.1, 0.15) is 5.56 Å². The molecule has 0 N–H and O–H groups in total. The topological polar surface area (TPSA) is 45.9 Å². The number of rotatable bonds is 2. The van der Waals surface area contributed by atoms with Crippen LogP contribution in [-0.4, -0.2) is 11.3 Å². The van der Waals surface area contributed by atoms with Gasteiger partial charge in [0.25, 0.3) is 0 Å². The molecule has 19 heavy (non-hydrogen) atoms. The van der Waals surface area contributed by atoms with E-state index >= 15 is 0 Å². The normalized spacial score (nSPS) is 12.1. The van der Waals surface area contributed by atoms with Crippen LogP contribution >= 0.6 is 0 Å². The summed E-state index contributed by atoms with van der Waals surface area (Å²) in [7, 11) is 0. The van der Waals surface area contributed by atoms with Crippen LogP contribution in [0.2, 0.25) is 0 Å². The molecule has 0 aliphatic heterocycles. The van der Waals surface area contributed by atoms with Crippen LogP contribution in [0.5, 0.6) is 5.75 Å². The van der Waals surface area contributed by atoms with Crippen molar-refractivity contribution in [2.24, 2.45) is 0 Å². The van der Waals surface area contributed by atoms with Crippen LogP contribution in [0.15, 0.2) is 6.20 Å². The highest BCUT2D eigenvalue weighted by molar-refractivity contribution is 5.41. The number of ether oxygens (including phenoxy) is 1. The summed E-state index contributed by atoms with van der Waals surface area (Å²) >= 11 is 0. The van der Waals surface area contributed by atoms with Crippen molar-refractivity contribution >= 4 is 0 Å². The summed E-state index contributed by atoms with van der Waals surface area (Å²) in [6.45, 7) is 0. The Morgan fingerprint density at radius 1 is 1.21 bits per heavy atom. The number of nitrogens with zero attached hydrogens (tertiary/aromatic N) is 2. The molecule has 1 heterocycles. The Balaban J connectivity index is 3.48. The zero-order valence-electron chi connectivity index (χ0n) is 8.73. The van der Waals surface area contributed by atoms with E-state index in [1.165, 1.54) is 6.07 Å². The largest absolute Gasteiger partial charge is 0.573 e. The first-order valence-electron chi connectivity index (χ1n) is 4.43. The van der Waals surface area contributed by atoms with E-state index in [1.54, 1.807) is 0 Å². The lowest BCUT2D eigenvalue weighted by molar-refractivity contribution is -0.276. The molecule has 0 aliphatic carbocycles. The molecule has 0 atom stereocenters. The van der Waals surface area contributed by atoms with Crippen molar-refractivity contribution < 1.29 is 35.5 Å². The van der Waals surface area contributed by atoms with Crippen LogP contribution in [0, 0.1) is 17.3 Å². The summed E-state index contributed by atoms with van der Waals surface area (Å²) in [5, 5.41) is 8.28. The van der Waals surface area contributed by atoms with Crippen LogP contribution in [0.25, 0.3) is 0 Å². The van der Waals surface area contributed by atoms with Crippen molar-refractivity contribution in [1.29, 1.82) is 5.26 Å². The number of halogens is 7. The zero-order valence-corrected chi connectivity index (χ0v) is 8.73. The van der Waals surface area contributed by atoms with E-state index in [2.05, 4.69) is 9.72 Å². The minimum absolute atomic E-state index is 0.0352. The highest BCUT2D eigenvalue weighted by Crippen LogP contribution is 2.40. The lowest BCUT2D eigenvalue weighted by Crippen LogP contribution is -2.22. The molecule has 0 fully saturated rings. The second-order valence-electron chi connectivity index (χ2n) is 3.15. The van der Waals surface area contributed by atoms with Gasteiger partial charge in [-0.3, -0.25) is 0 Å². The van der Waals surface area contributed by atoms with Gasteiger partial charge in [0.05, 0.1) is 18.7 Å². The molecule has 1 aromatic rings. The molecule has 1 rings (SSSR count). The summed E-state index contributed by atoms with van der Waals surface area (Å²) in [6, 6.07) is 1.21. The summed E-state index contributed by atoms with van der Waals surface area (Å²) in [5.41, 5.74) is -3.30. The van der Waals surface area contributed by atoms with Crippen LogP contribution in [-0.2, 0) is 12.6 Å². The third-order valence-electron chi connectivity index (χ3n) is 1.86. The third-order valence-corrected chi connectivity index (χ3v) is 1.86. The molecule has 0 amide bonds. The van der Waals surface area contributed by atoms with Gasteiger partial charge in [-0.15, -0.1) is 13.2 Å². The molecule has 0 saturated carbocycles. The van der Waals surface area contributed by atoms with Gasteiger partial charge >= 0.3 is 12.5 Å². The van der Waals surface area contributed by atoms with E-state index in [4.69, 9.17) is 5.26 Å². The number of pyridine rings is 1. The van der Waals surface area contributed by atoms with Gasteiger partial charge in [0.2, 0.25) is 5.95 Å². The Morgan fingerprint density at radius 2 is 1.79 bits per heavy atom. The minimum Gasteiger partial charge on any atom is -0.403 e. The SMILES string of the molecule is N#CCc1c(F)ncc(OC(F)(F)F)c1C(F)(F)F. The molecule has 0 radical (unpaired) electrons. The Bertz CT molecular complexity index is 515. The van der Waals surface area contributed by atoms with Gasteiger partial charge in [0, 0.05) is 5.56 Å². The molecule has 0 spiro atoms. The monoisotopic (exact) mass is 288 g/mol. The average molecular weight is 288 g/mol. The molecule has 10 heteroatoms. The van der Waals surface area contributed by atoms with E-state index in [9.17, 15) is 30.7 Å². The van der Waals surface area contributed by atoms with Crippen LogP contribution < -0.4 is 4.74 Å². The summed E-state index contributed by atoms with van der Waals surface area (Å²) < 4.78 is 90.0. The van der Waals surface area contributed by atoms with Crippen molar-refractivity contribution in [2.75, 3.05) is 0 Å². The average Bonchev–Trinajstić information content (AvgIpc) is 2.19. The molecule has 0 bridgehead atoms. The number of nitriles is 1. The maximum atomic E-state index is 13.1. The smallest absolute Gasteiger partial charge is 0.403 e. The molecular formula is C9H3F7N2O. The standard InChI is InChI=1S/C9H3F7N2O/c10-7-4(1-2-17)6(8(11,12)13)5(3-18-7)19-9(14,15)16/h3H,1H2. The fraction of sp³-hybridized carbons (Fsp3) is 0.333. The quantitative estimate of drug-likeness (QED) is 0.620. The van der Waals surface area contributed by atoms with Crippen molar-refractivity contribution in [3.8, 4) is 11.8 Å². The fourth-order valence-corrected chi connectivity index (χ4v) is 1.26. The van der Waals surface area contributed by atoms with Crippen LogP contribution in [0.3, 0.4) is 0 Å². The maximum absolute atomic E-state index is 13.1.